The molecule has 0 heterocycles. The molecule has 0 saturated carbocycles. The SMILES string of the molecule is COCc1cccc(C(=O)Nc2ccc(SC)cc2)c1. The highest BCUT2D eigenvalue weighted by Crippen LogP contribution is 2.18. The molecule has 0 aliphatic carbocycles. The third kappa shape index (κ3) is 3.85. The van der Waals surface area contributed by atoms with Crippen LogP contribution in [0.15, 0.2) is 53.4 Å². The van der Waals surface area contributed by atoms with Crippen LogP contribution < -0.4 is 5.32 Å². The van der Waals surface area contributed by atoms with Gasteiger partial charge in [0.2, 0.25) is 0 Å². The zero-order chi connectivity index (χ0) is 14.4. The van der Waals surface area contributed by atoms with Gasteiger partial charge in [0.25, 0.3) is 5.91 Å². The number of rotatable bonds is 5. The number of amides is 1. The molecule has 0 fully saturated rings. The fourth-order valence-corrected chi connectivity index (χ4v) is 2.25. The van der Waals surface area contributed by atoms with Crippen molar-refractivity contribution in [3.63, 3.8) is 0 Å². The molecule has 2 rings (SSSR count). The van der Waals surface area contributed by atoms with E-state index in [0.717, 1.165) is 11.3 Å². The standard InChI is InChI=1S/C16H17NO2S/c1-19-11-12-4-3-5-13(10-12)16(18)17-14-6-8-15(20-2)9-7-14/h3-10H,11H2,1-2H3,(H,17,18). The van der Waals surface area contributed by atoms with Gasteiger partial charge in [-0.3, -0.25) is 4.79 Å². The minimum Gasteiger partial charge on any atom is -0.380 e. The van der Waals surface area contributed by atoms with Gasteiger partial charge in [0, 0.05) is 23.3 Å². The molecule has 0 atom stereocenters. The Kier molecular flexibility index (Phi) is 5.21. The Bertz CT molecular complexity index is 581. The van der Waals surface area contributed by atoms with E-state index in [1.165, 1.54) is 4.90 Å². The lowest BCUT2D eigenvalue weighted by molar-refractivity contribution is 0.102. The van der Waals surface area contributed by atoms with Crippen molar-refractivity contribution < 1.29 is 9.53 Å². The van der Waals surface area contributed by atoms with Gasteiger partial charge in [-0.1, -0.05) is 12.1 Å². The maximum absolute atomic E-state index is 12.2. The molecule has 0 spiro atoms. The van der Waals surface area contributed by atoms with Crippen LogP contribution in [-0.2, 0) is 11.3 Å². The summed E-state index contributed by atoms with van der Waals surface area (Å²) in [6.45, 7) is 0.504. The van der Waals surface area contributed by atoms with Crippen LogP contribution in [-0.4, -0.2) is 19.3 Å². The summed E-state index contributed by atoms with van der Waals surface area (Å²) in [6, 6.07) is 15.2. The average molecular weight is 287 g/mol. The van der Waals surface area contributed by atoms with E-state index in [1.54, 1.807) is 24.9 Å². The van der Waals surface area contributed by atoms with Crippen LogP contribution >= 0.6 is 11.8 Å². The van der Waals surface area contributed by atoms with Crippen molar-refractivity contribution in [3.05, 3.63) is 59.7 Å². The van der Waals surface area contributed by atoms with E-state index in [9.17, 15) is 4.79 Å². The van der Waals surface area contributed by atoms with Gasteiger partial charge in [0.15, 0.2) is 0 Å². The second-order valence-corrected chi connectivity index (χ2v) is 5.20. The molecular weight excluding hydrogens is 270 g/mol. The Hall–Kier alpha value is -1.78. The third-order valence-corrected chi connectivity index (χ3v) is 3.59. The second kappa shape index (κ2) is 7.12. The number of methoxy groups -OCH3 is 1. The first-order chi connectivity index (χ1) is 9.72. The molecule has 2 aromatic carbocycles. The number of carbonyl (C=O) groups excluding carboxylic acids is 1. The fourth-order valence-electron chi connectivity index (χ4n) is 1.85. The van der Waals surface area contributed by atoms with Crippen molar-refractivity contribution in [3.8, 4) is 0 Å². The van der Waals surface area contributed by atoms with Gasteiger partial charge >= 0.3 is 0 Å². The highest BCUT2D eigenvalue weighted by molar-refractivity contribution is 7.98. The number of ether oxygens (including phenoxy) is 1. The van der Waals surface area contributed by atoms with Gasteiger partial charge in [-0.2, -0.15) is 0 Å². The number of thioether (sulfide) groups is 1. The summed E-state index contributed by atoms with van der Waals surface area (Å²) in [7, 11) is 1.64. The van der Waals surface area contributed by atoms with Crippen LogP contribution in [0.2, 0.25) is 0 Å². The summed E-state index contributed by atoms with van der Waals surface area (Å²) >= 11 is 1.67. The summed E-state index contributed by atoms with van der Waals surface area (Å²) in [4.78, 5) is 13.3. The Morgan fingerprint density at radius 3 is 2.60 bits per heavy atom. The number of nitrogens with one attached hydrogen (secondary N) is 1. The summed E-state index contributed by atoms with van der Waals surface area (Å²) in [5.41, 5.74) is 2.41. The van der Waals surface area contributed by atoms with Crippen LogP contribution in [0.5, 0.6) is 0 Å². The predicted molar refractivity (Wildman–Crippen MR) is 83.3 cm³/mol. The Morgan fingerprint density at radius 2 is 1.95 bits per heavy atom. The molecule has 0 saturated heterocycles. The topological polar surface area (TPSA) is 38.3 Å². The van der Waals surface area contributed by atoms with Crippen molar-refractivity contribution in [2.24, 2.45) is 0 Å². The largest absolute Gasteiger partial charge is 0.380 e. The molecule has 1 N–H and O–H groups in total. The quantitative estimate of drug-likeness (QED) is 0.850. The van der Waals surface area contributed by atoms with Crippen LogP contribution in [0.1, 0.15) is 15.9 Å². The second-order valence-electron chi connectivity index (χ2n) is 4.32. The van der Waals surface area contributed by atoms with E-state index >= 15 is 0 Å². The number of benzene rings is 2. The van der Waals surface area contributed by atoms with Gasteiger partial charge in [-0.15, -0.1) is 11.8 Å². The molecule has 3 nitrogen and oxygen atoms in total. The van der Waals surface area contributed by atoms with Gasteiger partial charge < -0.3 is 10.1 Å². The number of hydrogen-bond acceptors (Lipinski definition) is 3. The number of hydrogen-bond donors (Lipinski definition) is 1. The molecule has 0 radical (unpaired) electrons. The lowest BCUT2D eigenvalue weighted by Crippen LogP contribution is -2.12. The molecule has 104 valence electrons. The molecule has 2 aromatic rings. The molecule has 20 heavy (non-hydrogen) atoms. The first-order valence-corrected chi connectivity index (χ1v) is 7.48. The minimum absolute atomic E-state index is 0.111. The van der Waals surface area contributed by atoms with E-state index in [2.05, 4.69) is 5.32 Å². The van der Waals surface area contributed by atoms with E-state index in [0.29, 0.717) is 12.2 Å². The van der Waals surface area contributed by atoms with Gasteiger partial charge in [0.1, 0.15) is 0 Å². The highest BCUT2D eigenvalue weighted by Gasteiger charge is 2.06. The van der Waals surface area contributed by atoms with E-state index in [4.69, 9.17) is 4.74 Å². The van der Waals surface area contributed by atoms with Crippen LogP contribution in [0.25, 0.3) is 0 Å². The summed E-state index contributed by atoms with van der Waals surface area (Å²) < 4.78 is 5.07. The van der Waals surface area contributed by atoms with E-state index in [1.807, 2.05) is 48.7 Å². The van der Waals surface area contributed by atoms with Gasteiger partial charge in [0.05, 0.1) is 6.61 Å². The van der Waals surface area contributed by atoms with Crippen LogP contribution in [0, 0.1) is 0 Å². The molecule has 0 aliphatic rings. The fraction of sp³-hybridized carbons (Fsp3) is 0.188. The molecule has 4 heteroatoms. The zero-order valence-electron chi connectivity index (χ0n) is 11.6. The Morgan fingerprint density at radius 1 is 1.20 bits per heavy atom. The molecule has 0 aliphatic heterocycles. The lowest BCUT2D eigenvalue weighted by atomic mass is 10.1. The molecule has 0 aromatic heterocycles. The predicted octanol–water partition coefficient (Wildman–Crippen LogP) is 3.81. The normalized spacial score (nSPS) is 10.3. The third-order valence-electron chi connectivity index (χ3n) is 2.85. The zero-order valence-corrected chi connectivity index (χ0v) is 12.4. The minimum atomic E-state index is -0.111. The average Bonchev–Trinajstić information content (AvgIpc) is 2.48. The molecular formula is C16H17NO2S. The van der Waals surface area contributed by atoms with Gasteiger partial charge in [-0.05, 0) is 48.2 Å². The summed E-state index contributed by atoms with van der Waals surface area (Å²) in [5, 5.41) is 2.89. The number of anilines is 1. The van der Waals surface area contributed by atoms with Crippen LogP contribution in [0.3, 0.4) is 0 Å². The van der Waals surface area contributed by atoms with Crippen LogP contribution in [0.4, 0.5) is 5.69 Å². The molecule has 1 amide bonds. The molecule has 0 bridgehead atoms. The number of carbonyl (C=O) groups is 1. The van der Waals surface area contributed by atoms with Crippen molar-refractivity contribution in [1.82, 2.24) is 0 Å². The Labute approximate surface area is 123 Å². The summed E-state index contributed by atoms with van der Waals surface area (Å²) in [6.07, 6.45) is 2.02. The van der Waals surface area contributed by atoms with Crippen molar-refractivity contribution >= 4 is 23.4 Å². The maximum atomic E-state index is 12.2. The van der Waals surface area contributed by atoms with E-state index < -0.39 is 0 Å². The lowest BCUT2D eigenvalue weighted by Gasteiger charge is -2.07. The first kappa shape index (κ1) is 14.6. The maximum Gasteiger partial charge on any atom is 0.255 e. The molecule has 0 unspecified atom stereocenters. The van der Waals surface area contributed by atoms with E-state index in [-0.39, 0.29) is 5.91 Å². The Balaban J connectivity index is 2.08. The smallest absolute Gasteiger partial charge is 0.255 e. The first-order valence-electron chi connectivity index (χ1n) is 6.26. The highest BCUT2D eigenvalue weighted by atomic mass is 32.2. The van der Waals surface area contributed by atoms with Gasteiger partial charge in [-0.25, -0.2) is 0 Å². The van der Waals surface area contributed by atoms with Crippen molar-refractivity contribution in [1.29, 1.82) is 0 Å². The summed E-state index contributed by atoms with van der Waals surface area (Å²) in [5.74, 6) is -0.111. The van der Waals surface area contributed by atoms with Crippen molar-refractivity contribution in [2.45, 2.75) is 11.5 Å². The van der Waals surface area contributed by atoms with Crippen molar-refractivity contribution in [2.75, 3.05) is 18.7 Å². The monoisotopic (exact) mass is 287 g/mol.